The van der Waals surface area contributed by atoms with Crippen LogP contribution in [0.4, 0.5) is 0 Å². The van der Waals surface area contributed by atoms with Gasteiger partial charge in [0.05, 0.1) is 25.2 Å². The molecule has 1 aromatic carbocycles. The van der Waals surface area contributed by atoms with Gasteiger partial charge in [0.15, 0.2) is 8.32 Å². The summed E-state index contributed by atoms with van der Waals surface area (Å²) in [5.41, 5.74) is 1.12. The zero-order valence-corrected chi connectivity index (χ0v) is 17.7. The zero-order chi connectivity index (χ0) is 19.1. The second-order valence-electron chi connectivity index (χ2n) is 8.95. The number of carbonyl (C=O) groups excluding carboxylic acids is 1. The molecule has 2 fully saturated rings. The van der Waals surface area contributed by atoms with Crippen molar-refractivity contribution in [1.82, 2.24) is 5.06 Å². The van der Waals surface area contributed by atoms with Crippen LogP contribution in [0, 0.1) is 5.92 Å². The summed E-state index contributed by atoms with van der Waals surface area (Å²) < 4.78 is 11.9. The molecule has 0 N–H and O–H groups in total. The first-order valence-electron chi connectivity index (χ1n) is 9.42. The highest BCUT2D eigenvalue weighted by Gasteiger charge is 2.55. The number of carbonyl (C=O) groups is 1. The number of nitrogens with zero attached hydrogens (tertiary/aromatic N) is 1. The van der Waals surface area contributed by atoms with Crippen molar-refractivity contribution in [1.29, 1.82) is 0 Å². The van der Waals surface area contributed by atoms with Crippen LogP contribution in [0.25, 0.3) is 0 Å². The zero-order valence-electron chi connectivity index (χ0n) is 16.7. The van der Waals surface area contributed by atoms with E-state index in [4.69, 9.17) is 14.0 Å². The lowest BCUT2D eigenvalue weighted by Crippen LogP contribution is -2.47. The van der Waals surface area contributed by atoms with E-state index in [0.29, 0.717) is 13.2 Å². The topological polar surface area (TPSA) is 48.0 Å². The Hall–Kier alpha value is -1.21. The van der Waals surface area contributed by atoms with Gasteiger partial charge in [-0.3, -0.25) is 9.63 Å². The van der Waals surface area contributed by atoms with E-state index in [1.54, 1.807) is 5.06 Å². The minimum atomic E-state index is -1.92. The van der Waals surface area contributed by atoms with Gasteiger partial charge < -0.3 is 9.16 Å². The van der Waals surface area contributed by atoms with Crippen molar-refractivity contribution >= 4 is 14.3 Å². The van der Waals surface area contributed by atoms with E-state index in [0.717, 1.165) is 5.56 Å². The standard InChI is InChI=1S/C20H31NO4Si/c1-14(25-26(5,6)20(2,3)4)18-16-13-23-19(22)17(16)21(24-18)12-15-10-8-7-9-11-15/h7-11,14,16-18H,12-13H2,1-6H3/t14-,16-,17-,18+/m0/s1. The van der Waals surface area contributed by atoms with E-state index in [1.165, 1.54) is 0 Å². The Morgan fingerprint density at radius 1 is 1.27 bits per heavy atom. The Balaban J connectivity index is 1.75. The predicted molar refractivity (Wildman–Crippen MR) is 103 cm³/mol. The lowest BCUT2D eigenvalue weighted by molar-refractivity contribution is -0.200. The second kappa shape index (κ2) is 7.07. The third kappa shape index (κ3) is 3.74. The normalized spacial score (nSPS) is 28.1. The van der Waals surface area contributed by atoms with Crippen molar-refractivity contribution in [3.8, 4) is 0 Å². The van der Waals surface area contributed by atoms with E-state index >= 15 is 0 Å². The molecular formula is C20H31NO4Si. The Labute approximate surface area is 157 Å². The van der Waals surface area contributed by atoms with Crippen molar-refractivity contribution in [3.63, 3.8) is 0 Å². The van der Waals surface area contributed by atoms with Gasteiger partial charge in [-0.25, -0.2) is 0 Å². The molecule has 4 atom stereocenters. The molecule has 0 amide bonds. The molecule has 0 unspecified atom stereocenters. The first-order valence-corrected chi connectivity index (χ1v) is 12.3. The van der Waals surface area contributed by atoms with Gasteiger partial charge in [-0.15, -0.1) is 0 Å². The van der Waals surface area contributed by atoms with Crippen molar-refractivity contribution < 1.29 is 18.8 Å². The molecule has 5 nitrogen and oxygen atoms in total. The van der Waals surface area contributed by atoms with E-state index in [1.807, 2.05) is 30.3 Å². The molecule has 0 aromatic heterocycles. The summed E-state index contributed by atoms with van der Waals surface area (Å²) in [6.45, 7) is 14.2. The third-order valence-corrected chi connectivity index (χ3v) is 10.6. The van der Waals surface area contributed by atoms with E-state index < -0.39 is 8.32 Å². The fourth-order valence-corrected chi connectivity index (χ4v) is 4.89. The highest BCUT2D eigenvalue weighted by Crippen LogP contribution is 2.41. The molecule has 0 aliphatic carbocycles. The van der Waals surface area contributed by atoms with Gasteiger partial charge in [0.1, 0.15) is 12.1 Å². The Morgan fingerprint density at radius 3 is 2.54 bits per heavy atom. The first-order chi connectivity index (χ1) is 12.1. The van der Waals surface area contributed by atoms with Gasteiger partial charge in [0, 0.05) is 0 Å². The molecule has 2 saturated heterocycles. The van der Waals surface area contributed by atoms with Crippen LogP contribution in [0.15, 0.2) is 30.3 Å². The van der Waals surface area contributed by atoms with Gasteiger partial charge in [0.25, 0.3) is 0 Å². The number of hydroxylamine groups is 2. The highest BCUT2D eigenvalue weighted by molar-refractivity contribution is 6.74. The molecule has 6 heteroatoms. The van der Waals surface area contributed by atoms with E-state index in [-0.39, 0.29) is 35.2 Å². The maximum absolute atomic E-state index is 12.3. The molecule has 3 rings (SSSR count). The third-order valence-electron chi connectivity index (χ3n) is 5.99. The van der Waals surface area contributed by atoms with Gasteiger partial charge in [-0.2, -0.15) is 5.06 Å². The largest absolute Gasteiger partial charge is 0.464 e. The fraction of sp³-hybridized carbons (Fsp3) is 0.650. The Kier molecular flexibility index (Phi) is 5.32. The summed E-state index contributed by atoms with van der Waals surface area (Å²) in [5.74, 6) is -0.168. The van der Waals surface area contributed by atoms with E-state index in [9.17, 15) is 4.79 Å². The first kappa shape index (κ1) is 19.5. The monoisotopic (exact) mass is 377 g/mol. The number of benzene rings is 1. The van der Waals surface area contributed by atoms with Gasteiger partial charge in [-0.1, -0.05) is 51.1 Å². The smallest absolute Gasteiger partial charge is 0.326 e. The number of hydrogen-bond donors (Lipinski definition) is 0. The SMILES string of the molecule is C[C@H](O[Si](C)(C)C(C)(C)C)[C@H]1ON(Cc2ccccc2)[C@@H]2C(=O)OC[C@H]12. The van der Waals surface area contributed by atoms with Crippen LogP contribution >= 0.6 is 0 Å². The number of hydrogen-bond acceptors (Lipinski definition) is 5. The summed E-state index contributed by atoms with van der Waals surface area (Å²) in [6.07, 6.45) is -0.247. The maximum atomic E-state index is 12.3. The summed E-state index contributed by atoms with van der Waals surface area (Å²) in [6, 6.07) is 9.72. The molecule has 0 saturated carbocycles. The number of rotatable bonds is 5. The van der Waals surface area contributed by atoms with Crippen LogP contribution in [0.3, 0.4) is 0 Å². The van der Waals surface area contributed by atoms with Crippen molar-refractivity contribution in [2.45, 2.75) is 70.6 Å². The Bertz CT molecular complexity index is 643. The van der Waals surface area contributed by atoms with Crippen LogP contribution in [0.1, 0.15) is 33.3 Å². The quantitative estimate of drug-likeness (QED) is 0.578. The number of fused-ring (bicyclic) bond motifs is 1. The molecule has 2 aliphatic heterocycles. The van der Waals surface area contributed by atoms with Gasteiger partial charge >= 0.3 is 5.97 Å². The molecule has 1 aromatic rings. The summed E-state index contributed by atoms with van der Waals surface area (Å²) in [4.78, 5) is 18.5. The van der Waals surface area contributed by atoms with Crippen molar-refractivity contribution in [2.24, 2.45) is 5.92 Å². The molecule has 2 heterocycles. The van der Waals surface area contributed by atoms with E-state index in [2.05, 4.69) is 40.8 Å². The van der Waals surface area contributed by atoms with Crippen molar-refractivity contribution in [2.75, 3.05) is 6.61 Å². The molecule has 144 valence electrons. The molecule has 0 bridgehead atoms. The summed E-state index contributed by atoms with van der Waals surface area (Å²) in [5, 5.41) is 1.93. The number of ether oxygens (including phenoxy) is 1. The maximum Gasteiger partial charge on any atom is 0.326 e. The van der Waals surface area contributed by atoms with Crippen LogP contribution in [-0.4, -0.2) is 44.2 Å². The average molecular weight is 378 g/mol. The van der Waals surface area contributed by atoms with Gasteiger partial charge in [0.2, 0.25) is 0 Å². The Morgan fingerprint density at radius 2 is 1.92 bits per heavy atom. The fourth-order valence-electron chi connectivity index (χ4n) is 3.48. The van der Waals surface area contributed by atoms with Gasteiger partial charge in [-0.05, 0) is 30.6 Å². The second-order valence-corrected chi connectivity index (χ2v) is 13.7. The molecular weight excluding hydrogens is 346 g/mol. The van der Waals surface area contributed by atoms with Crippen LogP contribution in [-0.2, 0) is 25.3 Å². The van der Waals surface area contributed by atoms with Crippen LogP contribution in [0.2, 0.25) is 18.1 Å². The highest BCUT2D eigenvalue weighted by atomic mass is 28.4. The molecule has 26 heavy (non-hydrogen) atoms. The lowest BCUT2D eigenvalue weighted by atomic mass is 9.95. The van der Waals surface area contributed by atoms with Crippen molar-refractivity contribution in [3.05, 3.63) is 35.9 Å². The number of cyclic esters (lactones) is 1. The van der Waals surface area contributed by atoms with Crippen LogP contribution in [0.5, 0.6) is 0 Å². The van der Waals surface area contributed by atoms with Crippen LogP contribution < -0.4 is 0 Å². The summed E-state index contributed by atoms with van der Waals surface area (Å²) >= 11 is 0. The summed E-state index contributed by atoms with van der Waals surface area (Å²) in [7, 11) is -1.92. The molecule has 0 spiro atoms. The minimum Gasteiger partial charge on any atom is -0.464 e. The number of esters is 1. The lowest BCUT2D eigenvalue weighted by Gasteiger charge is -2.40. The predicted octanol–water partition coefficient (Wildman–Crippen LogP) is 3.75. The molecule has 2 aliphatic rings. The average Bonchev–Trinajstić information content (AvgIpc) is 3.09. The molecule has 0 radical (unpaired) electrons. The minimum absolute atomic E-state index is 0.0194.